The third kappa shape index (κ3) is 5.08. The number of nitrogens with one attached hydrogen (secondary N) is 4. The fourth-order valence-electron chi connectivity index (χ4n) is 4.98. The van der Waals surface area contributed by atoms with Crippen molar-refractivity contribution in [2.24, 2.45) is 5.73 Å². The van der Waals surface area contributed by atoms with Gasteiger partial charge in [-0.05, 0) is 39.9 Å². The number of hydrogen-bond acceptors (Lipinski definition) is 7. The maximum atomic E-state index is 12.2. The normalized spacial score (nSPS) is 20.9. The molecule has 3 heterocycles. The molecule has 0 bridgehead atoms. The summed E-state index contributed by atoms with van der Waals surface area (Å²) in [7, 11) is 3.40. The maximum absolute atomic E-state index is 12.2. The molecule has 2 atom stereocenters. The topological polar surface area (TPSA) is 172 Å². The maximum Gasteiger partial charge on any atom is 0.322 e. The first-order chi connectivity index (χ1) is 19.6. The first-order valence-electron chi connectivity index (χ1n) is 12.7. The van der Waals surface area contributed by atoms with Gasteiger partial charge in [-0.25, -0.2) is 9.59 Å². The lowest BCUT2D eigenvalue weighted by atomic mass is 9.88. The van der Waals surface area contributed by atoms with Gasteiger partial charge in [-0.3, -0.25) is 25.0 Å². The van der Waals surface area contributed by atoms with E-state index in [1.54, 1.807) is 49.4 Å². The van der Waals surface area contributed by atoms with Crippen molar-refractivity contribution < 1.29 is 28.7 Å². The highest BCUT2D eigenvalue weighted by atomic mass is 16.5. The van der Waals surface area contributed by atoms with Crippen LogP contribution in [0.5, 0.6) is 5.75 Å². The minimum absolute atomic E-state index is 0.0617. The highest BCUT2D eigenvalue weighted by molar-refractivity contribution is 6.07. The number of amides is 7. The molecule has 3 aliphatic heterocycles. The van der Waals surface area contributed by atoms with E-state index in [1.807, 2.05) is 36.4 Å². The van der Waals surface area contributed by atoms with Crippen LogP contribution in [0, 0.1) is 0 Å². The second-order valence-electron chi connectivity index (χ2n) is 9.80. The van der Waals surface area contributed by atoms with Crippen molar-refractivity contribution in [2.45, 2.75) is 18.1 Å². The number of nitrogens with two attached hydrogens (primary N) is 1. The molecule has 2 saturated heterocycles. The number of methoxy groups -OCH3 is 1. The number of rotatable bonds is 5. The third-order valence-corrected chi connectivity index (χ3v) is 7.28. The molecule has 6 N–H and O–H groups in total. The Morgan fingerprint density at radius 3 is 2.10 bits per heavy atom. The van der Waals surface area contributed by atoms with Crippen LogP contribution < -0.4 is 31.7 Å². The van der Waals surface area contributed by atoms with Gasteiger partial charge in [-0.2, -0.15) is 0 Å². The molecule has 2 unspecified atom stereocenters. The lowest BCUT2D eigenvalue weighted by molar-refractivity contribution is -0.124. The number of fused-ring (bicyclic) bond motifs is 1. The zero-order chi connectivity index (χ0) is 29.3. The Hall–Kier alpha value is -5.23. The van der Waals surface area contributed by atoms with Gasteiger partial charge in [0.15, 0.2) is 5.54 Å². The minimum atomic E-state index is -1.27. The molecule has 0 radical (unpaired) electrons. The van der Waals surface area contributed by atoms with Gasteiger partial charge in [0, 0.05) is 25.7 Å². The van der Waals surface area contributed by atoms with Crippen molar-refractivity contribution in [1.82, 2.24) is 26.2 Å². The van der Waals surface area contributed by atoms with Gasteiger partial charge in [0.25, 0.3) is 17.7 Å². The molecule has 41 heavy (non-hydrogen) atoms. The Morgan fingerprint density at radius 1 is 0.902 bits per heavy atom. The van der Waals surface area contributed by atoms with Gasteiger partial charge < -0.3 is 26.0 Å². The largest absolute Gasteiger partial charge is 0.497 e. The van der Waals surface area contributed by atoms with Gasteiger partial charge in [0.05, 0.1) is 7.11 Å². The van der Waals surface area contributed by atoms with Crippen LogP contribution >= 0.6 is 0 Å². The zero-order valence-electron chi connectivity index (χ0n) is 22.3. The molecule has 0 spiro atoms. The number of urea groups is 2. The van der Waals surface area contributed by atoms with E-state index >= 15 is 0 Å². The molecular formula is C29H28N6O6. The predicted octanol–water partition coefficient (Wildman–Crippen LogP) is 1.51. The van der Waals surface area contributed by atoms with Crippen molar-refractivity contribution in [2.75, 3.05) is 20.7 Å². The van der Waals surface area contributed by atoms with E-state index in [-0.39, 0.29) is 18.4 Å². The van der Waals surface area contributed by atoms with Gasteiger partial charge in [-0.1, -0.05) is 54.6 Å². The molecule has 3 aromatic carbocycles. The number of carbonyl (C=O) groups is 5. The summed E-state index contributed by atoms with van der Waals surface area (Å²) >= 11 is 0. The van der Waals surface area contributed by atoms with E-state index in [0.29, 0.717) is 17.7 Å². The van der Waals surface area contributed by atoms with Crippen LogP contribution in [0.25, 0.3) is 11.1 Å². The molecule has 12 nitrogen and oxygen atoms in total. The van der Waals surface area contributed by atoms with Crippen LogP contribution in [-0.4, -0.2) is 55.4 Å². The molecule has 210 valence electrons. The molecular weight excluding hydrogens is 528 g/mol. The van der Waals surface area contributed by atoms with Crippen molar-refractivity contribution in [3.8, 4) is 16.9 Å². The zero-order valence-corrected chi connectivity index (χ0v) is 22.3. The average molecular weight is 557 g/mol. The van der Waals surface area contributed by atoms with Crippen LogP contribution in [0.1, 0.15) is 33.1 Å². The highest BCUT2D eigenvalue weighted by Crippen LogP contribution is 2.29. The smallest absolute Gasteiger partial charge is 0.322 e. The number of carbonyl (C=O) groups excluding carboxylic acids is 5. The number of benzene rings is 3. The molecule has 0 aromatic heterocycles. The lowest BCUT2D eigenvalue weighted by Crippen LogP contribution is -2.49. The summed E-state index contributed by atoms with van der Waals surface area (Å²) in [6.45, 7) is 0.645. The first-order valence-corrected chi connectivity index (χ1v) is 12.7. The van der Waals surface area contributed by atoms with Crippen molar-refractivity contribution in [1.29, 1.82) is 0 Å². The molecule has 0 aliphatic carbocycles. The quantitative estimate of drug-likeness (QED) is 0.296. The van der Waals surface area contributed by atoms with E-state index in [4.69, 9.17) is 10.5 Å². The molecule has 7 amide bonds. The second kappa shape index (κ2) is 10.7. The standard InChI is InChI=1S/C19H17N5O4.C10H11NO2/c20-9-19(16(26)23-18(28)24-19)13-7-5-11(6-8-13)10-1-3-12(4-2-10)14-15(25)22-17(27)21-14;1-11-6-7-3-4-8(13-2)5-9(7)10(11)12/h1-8,14H,9,20H2,(H2,21,22,25,27)(H2,23,24,26,28);3-5H,6H2,1-2H3. The third-order valence-electron chi connectivity index (χ3n) is 7.28. The molecule has 3 aromatic rings. The summed E-state index contributed by atoms with van der Waals surface area (Å²) in [6, 6.07) is 18.2. The van der Waals surface area contributed by atoms with Crippen LogP contribution in [0.3, 0.4) is 0 Å². The molecule has 2 fully saturated rings. The van der Waals surface area contributed by atoms with Gasteiger partial charge in [0.2, 0.25) is 0 Å². The number of ether oxygens (including phenoxy) is 1. The van der Waals surface area contributed by atoms with Crippen molar-refractivity contribution in [3.63, 3.8) is 0 Å². The SMILES string of the molecule is COc1ccc2c(c1)C(=O)N(C)C2.NCC1(c2ccc(-c3ccc(C4NC(=O)NC4=O)cc3)cc2)NC(=O)NC1=O. The number of hydrogen-bond donors (Lipinski definition) is 5. The first kappa shape index (κ1) is 27.3. The van der Waals surface area contributed by atoms with Gasteiger partial charge in [-0.15, -0.1) is 0 Å². The molecule has 3 aliphatic rings. The lowest BCUT2D eigenvalue weighted by Gasteiger charge is -2.24. The predicted molar refractivity (Wildman–Crippen MR) is 147 cm³/mol. The summed E-state index contributed by atoms with van der Waals surface area (Å²) in [5.41, 5.74) is 9.37. The Bertz CT molecular complexity index is 1550. The number of nitrogens with zero attached hydrogens (tertiary/aromatic N) is 1. The van der Waals surface area contributed by atoms with Crippen molar-refractivity contribution >= 4 is 29.8 Å². The van der Waals surface area contributed by atoms with Crippen LogP contribution in [-0.2, 0) is 21.7 Å². The summed E-state index contributed by atoms with van der Waals surface area (Å²) in [6.07, 6.45) is 0. The van der Waals surface area contributed by atoms with E-state index in [0.717, 1.165) is 28.0 Å². The van der Waals surface area contributed by atoms with E-state index in [9.17, 15) is 24.0 Å². The van der Waals surface area contributed by atoms with E-state index in [1.165, 1.54) is 0 Å². The van der Waals surface area contributed by atoms with Crippen LogP contribution in [0.4, 0.5) is 9.59 Å². The van der Waals surface area contributed by atoms with Gasteiger partial charge >= 0.3 is 12.1 Å². The average Bonchev–Trinajstić information content (AvgIpc) is 3.59. The van der Waals surface area contributed by atoms with Crippen LogP contribution in [0.2, 0.25) is 0 Å². The Balaban J connectivity index is 0.000000216. The number of imide groups is 2. The molecule has 6 rings (SSSR count). The Labute approximate surface area is 235 Å². The summed E-state index contributed by atoms with van der Waals surface area (Å²) in [5, 5.41) is 9.55. The van der Waals surface area contributed by atoms with Crippen LogP contribution in [0.15, 0.2) is 66.7 Å². The fraction of sp³-hybridized carbons (Fsp3) is 0.207. The summed E-state index contributed by atoms with van der Waals surface area (Å²) < 4.78 is 5.05. The summed E-state index contributed by atoms with van der Waals surface area (Å²) in [4.78, 5) is 59.9. The Morgan fingerprint density at radius 2 is 1.56 bits per heavy atom. The fourth-order valence-corrected chi connectivity index (χ4v) is 4.98. The van der Waals surface area contributed by atoms with E-state index < -0.39 is 29.6 Å². The minimum Gasteiger partial charge on any atom is -0.497 e. The van der Waals surface area contributed by atoms with Crippen molar-refractivity contribution in [3.05, 3.63) is 89.0 Å². The van der Waals surface area contributed by atoms with E-state index in [2.05, 4.69) is 21.3 Å². The highest BCUT2D eigenvalue weighted by Gasteiger charge is 2.46. The monoisotopic (exact) mass is 556 g/mol. The summed E-state index contributed by atoms with van der Waals surface area (Å²) in [5.74, 6) is -0.0450. The Kier molecular flexibility index (Phi) is 7.16. The second-order valence-corrected chi connectivity index (χ2v) is 9.80. The molecule has 12 heteroatoms. The van der Waals surface area contributed by atoms with Gasteiger partial charge in [0.1, 0.15) is 11.8 Å². The molecule has 0 saturated carbocycles.